The topological polar surface area (TPSA) is 12.0 Å². The standard InChI is InChI=1S/C13H13F2NS/c1-9-7-12(15)13(8-11(9)14)16-5-4-10-3-2-6-17-10/h2-3,6-8,16H,4-5H2,1H3. The first-order chi connectivity index (χ1) is 8.16. The van der Waals surface area contributed by atoms with Crippen LogP contribution in [0.3, 0.4) is 0 Å². The normalized spacial score (nSPS) is 10.5. The van der Waals surface area contributed by atoms with Gasteiger partial charge in [0.1, 0.15) is 11.6 Å². The van der Waals surface area contributed by atoms with Gasteiger partial charge < -0.3 is 5.32 Å². The van der Waals surface area contributed by atoms with E-state index in [4.69, 9.17) is 0 Å². The molecule has 0 spiro atoms. The van der Waals surface area contributed by atoms with Gasteiger partial charge in [0.25, 0.3) is 0 Å². The Labute approximate surface area is 103 Å². The smallest absolute Gasteiger partial charge is 0.146 e. The fourth-order valence-electron chi connectivity index (χ4n) is 1.56. The van der Waals surface area contributed by atoms with Crippen LogP contribution in [0.5, 0.6) is 0 Å². The van der Waals surface area contributed by atoms with Crippen LogP contribution in [0.15, 0.2) is 29.6 Å². The van der Waals surface area contributed by atoms with Crippen LogP contribution in [0.25, 0.3) is 0 Å². The number of aryl methyl sites for hydroxylation is 1. The van der Waals surface area contributed by atoms with E-state index in [0.717, 1.165) is 6.42 Å². The molecule has 0 saturated heterocycles. The minimum absolute atomic E-state index is 0.227. The molecule has 2 rings (SSSR count). The molecule has 1 heterocycles. The zero-order valence-electron chi connectivity index (χ0n) is 9.47. The lowest BCUT2D eigenvalue weighted by molar-refractivity contribution is 0.594. The number of rotatable bonds is 4. The first-order valence-electron chi connectivity index (χ1n) is 5.38. The average molecular weight is 253 g/mol. The fraction of sp³-hybridized carbons (Fsp3) is 0.231. The molecule has 0 fully saturated rings. The third-order valence-electron chi connectivity index (χ3n) is 2.52. The van der Waals surface area contributed by atoms with Gasteiger partial charge in [-0.15, -0.1) is 11.3 Å². The summed E-state index contributed by atoms with van der Waals surface area (Å²) >= 11 is 1.66. The maximum Gasteiger partial charge on any atom is 0.146 e. The Hall–Kier alpha value is -1.42. The van der Waals surface area contributed by atoms with E-state index in [1.165, 1.54) is 17.0 Å². The summed E-state index contributed by atoms with van der Waals surface area (Å²) in [7, 11) is 0. The van der Waals surface area contributed by atoms with Gasteiger partial charge in [-0.25, -0.2) is 8.78 Å². The quantitative estimate of drug-likeness (QED) is 0.868. The zero-order valence-corrected chi connectivity index (χ0v) is 10.3. The number of benzene rings is 1. The lowest BCUT2D eigenvalue weighted by Crippen LogP contribution is -2.06. The van der Waals surface area contributed by atoms with Crippen molar-refractivity contribution in [3.63, 3.8) is 0 Å². The highest BCUT2D eigenvalue weighted by atomic mass is 32.1. The van der Waals surface area contributed by atoms with Crippen molar-refractivity contribution < 1.29 is 8.78 Å². The Kier molecular flexibility index (Phi) is 3.74. The number of anilines is 1. The molecule has 0 saturated carbocycles. The Balaban J connectivity index is 1.97. The van der Waals surface area contributed by atoms with E-state index in [-0.39, 0.29) is 11.5 Å². The molecule has 1 aromatic carbocycles. The van der Waals surface area contributed by atoms with Gasteiger partial charge in [-0.3, -0.25) is 0 Å². The molecule has 4 heteroatoms. The van der Waals surface area contributed by atoms with Crippen molar-refractivity contribution in [3.05, 3.63) is 51.7 Å². The zero-order chi connectivity index (χ0) is 12.3. The van der Waals surface area contributed by atoms with Crippen molar-refractivity contribution in [1.82, 2.24) is 0 Å². The van der Waals surface area contributed by atoms with Crippen molar-refractivity contribution in [2.45, 2.75) is 13.3 Å². The van der Waals surface area contributed by atoms with E-state index >= 15 is 0 Å². The van der Waals surface area contributed by atoms with Gasteiger partial charge in [0.15, 0.2) is 0 Å². The van der Waals surface area contributed by atoms with E-state index in [0.29, 0.717) is 12.1 Å². The largest absolute Gasteiger partial charge is 0.382 e. The minimum Gasteiger partial charge on any atom is -0.382 e. The van der Waals surface area contributed by atoms with Crippen LogP contribution in [-0.2, 0) is 6.42 Å². The molecule has 0 bridgehead atoms. The number of thiophene rings is 1. The highest BCUT2D eigenvalue weighted by Crippen LogP contribution is 2.19. The molecule has 0 radical (unpaired) electrons. The first-order valence-corrected chi connectivity index (χ1v) is 6.26. The van der Waals surface area contributed by atoms with Crippen molar-refractivity contribution in [2.75, 3.05) is 11.9 Å². The molecule has 17 heavy (non-hydrogen) atoms. The second-order valence-corrected chi connectivity index (χ2v) is 4.87. The van der Waals surface area contributed by atoms with Crippen LogP contribution in [0.1, 0.15) is 10.4 Å². The first kappa shape index (κ1) is 12.0. The second kappa shape index (κ2) is 5.27. The molecule has 0 unspecified atom stereocenters. The summed E-state index contributed by atoms with van der Waals surface area (Å²) in [6, 6.07) is 6.42. The van der Waals surface area contributed by atoms with Gasteiger partial charge in [0, 0.05) is 17.5 Å². The third-order valence-corrected chi connectivity index (χ3v) is 3.45. The highest BCUT2D eigenvalue weighted by Gasteiger charge is 2.06. The van der Waals surface area contributed by atoms with Crippen LogP contribution in [0, 0.1) is 18.6 Å². The van der Waals surface area contributed by atoms with Crippen molar-refractivity contribution >= 4 is 17.0 Å². The molecule has 1 nitrogen and oxygen atoms in total. The van der Waals surface area contributed by atoms with Gasteiger partial charge in [0.2, 0.25) is 0 Å². The van der Waals surface area contributed by atoms with Crippen LogP contribution >= 0.6 is 11.3 Å². The van der Waals surface area contributed by atoms with E-state index in [2.05, 4.69) is 5.32 Å². The molecule has 0 aliphatic heterocycles. The number of hydrogen-bond acceptors (Lipinski definition) is 2. The van der Waals surface area contributed by atoms with Crippen molar-refractivity contribution in [2.24, 2.45) is 0 Å². The number of halogens is 2. The molecular weight excluding hydrogens is 240 g/mol. The van der Waals surface area contributed by atoms with E-state index in [1.807, 2.05) is 17.5 Å². The maximum absolute atomic E-state index is 13.5. The summed E-state index contributed by atoms with van der Waals surface area (Å²) in [5, 5.41) is 4.91. The monoisotopic (exact) mass is 253 g/mol. The molecule has 0 amide bonds. The van der Waals surface area contributed by atoms with Crippen molar-refractivity contribution in [3.8, 4) is 0 Å². The van der Waals surface area contributed by atoms with Crippen LogP contribution < -0.4 is 5.32 Å². The molecule has 1 N–H and O–H groups in total. The molecular formula is C13H13F2NS. The molecule has 0 aliphatic carbocycles. The highest BCUT2D eigenvalue weighted by molar-refractivity contribution is 7.09. The molecule has 2 aromatic rings. The number of hydrogen-bond donors (Lipinski definition) is 1. The van der Waals surface area contributed by atoms with E-state index in [9.17, 15) is 8.78 Å². The predicted octanol–water partition coefficient (Wildman–Crippen LogP) is 3.99. The van der Waals surface area contributed by atoms with Gasteiger partial charge in [-0.1, -0.05) is 6.07 Å². The molecule has 0 atom stereocenters. The summed E-state index contributed by atoms with van der Waals surface area (Å²) in [4.78, 5) is 1.23. The predicted molar refractivity (Wildman–Crippen MR) is 67.6 cm³/mol. The average Bonchev–Trinajstić information content (AvgIpc) is 2.78. The van der Waals surface area contributed by atoms with E-state index in [1.54, 1.807) is 18.3 Å². The van der Waals surface area contributed by atoms with E-state index < -0.39 is 5.82 Å². The lowest BCUT2D eigenvalue weighted by Gasteiger charge is -2.08. The summed E-state index contributed by atoms with van der Waals surface area (Å²) in [6.07, 6.45) is 0.812. The SMILES string of the molecule is Cc1cc(F)c(NCCc2cccs2)cc1F. The summed E-state index contributed by atoms with van der Waals surface area (Å²) in [5.41, 5.74) is 0.552. The Bertz CT molecular complexity index is 494. The van der Waals surface area contributed by atoms with Crippen LogP contribution in [0.2, 0.25) is 0 Å². The van der Waals surface area contributed by atoms with Gasteiger partial charge >= 0.3 is 0 Å². The summed E-state index contributed by atoms with van der Waals surface area (Å²) in [5.74, 6) is -0.792. The van der Waals surface area contributed by atoms with Gasteiger partial charge in [0.05, 0.1) is 5.69 Å². The Morgan fingerprint density at radius 3 is 2.76 bits per heavy atom. The van der Waals surface area contributed by atoms with Gasteiger partial charge in [-0.2, -0.15) is 0 Å². The molecule has 90 valence electrons. The Morgan fingerprint density at radius 2 is 2.06 bits per heavy atom. The van der Waals surface area contributed by atoms with Gasteiger partial charge in [-0.05, 0) is 36.4 Å². The molecule has 1 aromatic heterocycles. The summed E-state index contributed by atoms with van der Waals surface area (Å²) < 4.78 is 26.7. The maximum atomic E-state index is 13.5. The van der Waals surface area contributed by atoms with Crippen LogP contribution in [0.4, 0.5) is 14.5 Å². The Morgan fingerprint density at radius 1 is 1.24 bits per heavy atom. The third kappa shape index (κ3) is 3.03. The fourth-order valence-corrected chi connectivity index (χ4v) is 2.27. The number of nitrogens with one attached hydrogen (secondary N) is 1. The van der Waals surface area contributed by atoms with Crippen molar-refractivity contribution in [1.29, 1.82) is 0 Å². The summed E-state index contributed by atoms with van der Waals surface area (Å²) in [6.45, 7) is 2.15. The lowest BCUT2D eigenvalue weighted by atomic mass is 10.2. The minimum atomic E-state index is -0.407. The van der Waals surface area contributed by atoms with Crippen LogP contribution in [-0.4, -0.2) is 6.54 Å². The second-order valence-electron chi connectivity index (χ2n) is 3.84. The molecule has 0 aliphatic rings.